The molecule has 0 spiro atoms. The molecule has 0 saturated heterocycles. The maximum absolute atomic E-state index is 11.2. The number of carbonyl (C=O) groups is 1. The van der Waals surface area contributed by atoms with Crippen LogP contribution in [0.1, 0.15) is 5.56 Å². The van der Waals surface area contributed by atoms with Gasteiger partial charge in [0, 0.05) is 12.1 Å². The zero-order valence-electron chi connectivity index (χ0n) is 9.31. The predicted molar refractivity (Wildman–Crippen MR) is 60.1 cm³/mol. The number of rotatable bonds is 5. The number of carbonyl (C=O) groups excluding carboxylic acids is 1. The molecule has 1 N–H and O–H groups in total. The first kappa shape index (κ1) is 14.3. The monoisotopic (exact) mass is 275 g/mol. The number of hydrogen-bond donors (Lipinski definition) is 1. The van der Waals surface area contributed by atoms with Crippen LogP contribution in [-0.4, -0.2) is 22.6 Å². The summed E-state index contributed by atoms with van der Waals surface area (Å²) in [6.45, 7) is -0.332. The molecule has 0 aliphatic rings. The molecule has 9 heteroatoms. The van der Waals surface area contributed by atoms with Crippen LogP contribution in [0.4, 0.5) is 10.5 Å². The van der Waals surface area contributed by atoms with E-state index in [0.717, 1.165) is 7.11 Å². The Morgan fingerprint density at radius 3 is 2.44 bits per heavy atom. The topological polar surface area (TPSA) is 116 Å². The molecule has 1 aromatic carbocycles. The molecule has 0 saturated carbocycles. The van der Waals surface area contributed by atoms with Crippen molar-refractivity contribution in [2.75, 3.05) is 7.11 Å². The minimum absolute atomic E-state index is 0.112. The highest BCUT2D eigenvalue weighted by atomic mass is 31.2. The van der Waals surface area contributed by atoms with Crippen molar-refractivity contribution >= 4 is 19.0 Å². The molecule has 0 aliphatic heterocycles. The molecule has 8 nitrogen and oxygen atoms in total. The molecule has 0 fully saturated rings. The molecule has 18 heavy (non-hydrogen) atoms. The third kappa shape index (κ3) is 3.63. The Hall–Kier alpha value is -1.76. The molecule has 0 heterocycles. The highest BCUT2D eigenvalue weighted by Gasteiger charge is 2.31. The SMILES string of the molecule is COC(=O)P(=O)(O)OCc1ccc([N+](=O)[O-])cc1. The predicted octanol–water partition coefficient (Wildman–Crippen LogP) is 2.06. The summed E-state index contributed by atoms with van der Waals surface area (Å²) in [6, 6.07) is 5.16. The molecule has 1 rings (SSSR count). The van der Waals surface area contributed by atoms with Crippen LogP contribution in [0.2, 0.25) is 0 Å². The first-order chi connectivity index (χ1) is 8.36. The van der Waals surface area contributed by atoms with E-state index in [1.54, 1.807) is 0 Å². The third-order valence-corrected chi connectivity index (χ3v) is 3.08. The summed E-state index contributed by atoms with van der Waals surface area (Å²) >= 11 is 0. The van der Waals surface area contributed by atoms with E-state index >= 15 is 0 Å². The van der Waals surface area contributed by atoms with E-state index in [2.05, 4.69) is 9.26 Å². The Kier molecular flexibility index (Phi) is 4.55. The lowest BCUT2D eigenvalue weighted by Crippen LogP contribution is -2.03. The van der Waals surface area contributed by atoms with Crippen LogP contribution in [0.15, 0.2) is 24.3 Å². The van der Waals surface area contributed by atoms with Gasteiger partial charge in [-0.25, -0.2) is 9.36 Å². The minimum Gasteiger partial charge on any atom is -0.460 e. The summed E-state index contributed by atoms with van der Waals surface area (Å²) in [5.41, 5.74) is -1.05. The van der Waals surface area contributed by atoms with E-state index in [4.69, 9.17) is 4.89 Å². The zero-order valence-corrected chi connectivity index (χ0v) is 10.2. The quantitative estimate of drug-likeness (QED) is 0.496. The molecular weight excluding hydrogens is 265 g/mol. The molecule has 1 unspecified atom stereocenters. The number of ether oxygens (including phenoxy) is 1. The van der Waals surface area contributed by atoms with Gasteiger partial charge in [0.05, 0.1) is 18.6 Å². The van der Waals surface area contributed by atoms with Gasteiger partial charge in [0.2, 0.25) is 0 Å². The number of nitro groups is 1. The van der Waals surface area contributed by atoms with Gasteiger partial charge in [0.25, 0.3) is 5.69 Å². The van der Waals surface area contributed by atoms with Crippen LogP contribution in [0.5, 0.6) is 0 Å². The number of benzene rings is 1. The molecular formula is C9H10NO7P. The van der Waals surface area contributed by atoms with Gasteiger partial charge in [-0.2, -0.15) is 0 Å². The van der Waals surface area contributed by atoms with Crippen molar-refractivity contribution in [3.05, 3.63) is 39.9 Å². The Labute approximate surface area is 102 Å². The molecule has 0 radical (unpaired) electrons. The lowest BCUT2D eigenvalue weighted by molar-refractivity contribution is -0.384. The second-order valence-corrected chi connectivity index (χ2v) is 4.85. The molecule has 1 atom stereocenters. The summed E-state index contributed by atoms with van der Waals surface area (Å²) in [7, 11) is -3.52. The van der Waals surface area contributed by atoms with Crippen LogP contribution in [0.25, 0.3) is 0 Å². The summed E-state index contributed by atoms with van der Waals surface area (Å²) in [5, 5.41) is 10.4. The smallest absolute Gasteiger partial charge is 0.436 e. The van der Waals surface area contributed by atoms with Crippen molar-refractivity contribution in [3.63, 3.8) is 0 Å². The normalized spacial score (nSPS) is 13.7. The van der Waals surface area contributed by atoms with Gasteiger partial charge in [-0.05, 0) is 17.7 Å². The molecule has 0 bridgehead atoms. The van der Waals surface area contributed by atoms with Crippen molar-refractivity contribution in [3.8, 4) is 0 Å². The number of non-ortho nitro benzene ring substituents is 1. The van der Waals surface area contributed by atoms with Gasteiger partial charge in [0.15, 0.2) is 0 Å². The highest BCUT2D eigenvalue weighted by molar-refractivity contribution is 7.70. The van der Waals surface area contributed by atoms with Crippen LogP contribution in [0, 0.1) is 10.1 Å². The van der Waals surface area contributed by atoms with E-state index < -0.39 is 18.2 Å². The summed E-state index contributed by atoms with van der Waals surface area (Å²) < 4.78 is 19.9. The number of methoxy groups -OCH3 is 1. The Bertz CT molecular complexity index is 498. The van der Waals surface area contributed by atoms with Crippen molar-refractivity contribution in [1.29, 1.82) is 0 Å². The lowest BCUT2D eigenvalue weighted by atomic mass is 10.2. The maximum Gasteiger partial charge on any atom is 0.436 e. The fourth-order valence-corrected chi connectivity index (χ4v) is 1.70. The number of nitro benzene ring substituents is 1. The fraction of sp³-hybridized carbons (Fsp3) is 0.222. The van der Waals surface area contributed by atoms with Gasteiger partial charge in [-0.15, -0.1) is 0 Å². The van der Waals surface area contributed by atoms with Crippen molar-refractivity contribution in [2.45, 2.75) is 6.61 Å². The van der Waals surface area contributed by atoms with Crippen molar-refractivity contribution < 1.29 is 28.4 Å². The van der Waals surface area contributed by atoms with Crippen LogP contribution in [-0.2, 0) is 20.4 Å². The maximum atomic E-state index is 11.2. The third-order valence-electron chi connectivity index (χ3n) is 1.96. The van der Waals surface area contributed by atoms with Crippen LogP contribution < -0.4 is 0 Å². The van der Waals surface area contributed by atoms with Gasteiger partial charge in [-0.1, -0.05) is 0 Å². The minimum atomic E-state index is -4.47. The van der Waals surface area contributed by atoms with Gasteiger partial charge in [-0.3, -0.25) is 14.6 Å². The summed E-state index contributed by atoms with van der Waals surface area (Å²) in [5.74, 6) is 0. The number of nitrogens with zero attached hydrogens (tertiary/aromatic N) is 1. The zero-order chi connectivity index (χ0) is 13.8. The standard InChI is InChI=1S/C9H10NO7P/c1-16-9(11)18(14,15)17-6-7-2-4-8(5-3-7)10(12)13/h2-5H,6H2,1H3,(H,14,15). The Morgan fingerprint density at radius 1 is 1.44 bits per heavy atom. The molecule has 0 aliphatic carbocycles. The fourth-order valence-electron chi connectivity index (χ4n) is 1.04. The average Bonchev–Trinajstić information content (AvgIpc) is 2.35. The number of hydrogen-bond acceptors (Lipinski definition) is 6. The second kappa shape index (κ2) is 5.72. The largest absolute Gasteiger partial charge is 0.460 e. The van der Waals surface area contributed by atoms with E-state index in [9.17, 15) is 19.5 Å². The summed E-state index contributed by atoms with van der Waals surface area (Å²) in [6.07, 6.45) is 0. The molecule has 0 amide bonds. The molecule has 0 aromatic heterocycles. The van der Waals surface area contributed by atoms with E-state index in [1.807, 2.05) is 0 Å². The highest BCUT2D eigenvalue weighted by Crippen LogP contribution is 2.44. The first-order valence-corrected chi connectivity index (χ1v) is 6.24. The van der Waals surface area contributed by atoms with Crippen LogP contribution in [0.3, 0.4) is 0 Å². The van der Waals surface area contributed by atoms with E-state index in [0.29, 0.717) is 5.56 Å². The van der Waals surface area contributed by atoms with Crippen LogP contribution >= 0.6 is 7.60 Å². The lowest BCUT2D eigenvalue weighted by Gasteiger charge is -2.09. The van der Waals surface area contributed by atoms with Gasteiger partial charge >= 0.3 is 13.3 Å². The Balaban J connectivity index is 2.67. The Morgan fingerprint density at radius 2 is 2.00 bits per heavy atom. The molecule has 1 aromatic rings. The van der Waals surface area contributed by atoms with E-state index in [-0.39, 0.29) is 12.3 Å². The molecule has 98 valence electrons. The van der Waals surface area contributed by atoms with Gasteiger partial charge < -0.3 is 9.63 Å². The van der Waals surface area contributed by atoms with E-state index in [1.165, 1.54) is 24.3 Å². The van der Waals surface area contributed by atoms with Crippen molar-refractivity contribution in [2.24, 2.45) is 0 Å². The van der Waals surface area contributed by atoms with Gasteiger partial charge in [0.1, 0.15) is 0 Å². The van der Waals surface area contributed by atoms with Crippen molar-refractivity contribution in [1.82, 2.24) is 0 Å². The second-order valence-electron chi connectivity index (χ2n) is 3.19. The first-order valence-electron chi connectivity index (χ1n) is 4.66. The average molecular weight is 275 g/mol. The summed E-state index contributed by atoms with van der Waals surface area (Å²) in [4.78, 5) is 29.8.